The van der Waals surface area contributed by atoms with E-state index in [1.54, 1.807) is 13.1 Å². The van der Waals surface area contributed by atoms with E-state index in [0.717, 1.165) is 10.6 Å². The first kappa shape index (κ1) is 13.8. The molecular weight excluding hydrogens is 284 g/mol. The second kappa shape index (κ2) is 5.14. The first-order chi connectivity index (χ1) is 8.94. The molecule has 0 aliphatic carbocycles. The second-order valence-electron chi connectivity index (χ2n) is 3.89. The van der Waals surface area contributed by atoms with E-state index in [1.165, 1.54) is 23.7 Å². The zero-order valence-corrected chi connectivity index (χ0v) is 12.4. The Kier molecular flexibility index (Phi) is 3.72. The molecule has 0 fully saturated rings. The standard InChI is InChI=1S/C11H14N4O2S2/c1-7-8(2)18-11(14-7)15-19(16,17)10-6-13-5-4-9(10)12-3/h4-6H,1-3H3,(H,12,13)(H,14,15). The molecule has 0 saturated carbocycles. The van der Waals surface area contributed by atoms with Crippen LogP contribution in [-0.2, 0) is 10.0 Å². The normalized spacial score (nSPS) is 11.3. The molecule has 2 heterocycles. The lowest BCUT2D eigenvalue weighted by Crippen LogP contribution is -2.15. The summed E-state index contributed by atoms with van der Waals surface area (Å²) in [6.07, 6.45) is 2.84. The van der Waals surface area contributed by atoms with Crippen molar-refractivity contribution in [2.45, 2.75) is 18.7 Å². The van der Waals surface area contributed by atoms with Gasteiger partial charge in [-0.15, -0.1) is 11.3 Å². The Labute approximate surface area is 116 Å². The fourth-order valence-electron chi connectivity index (χ4n) is 1.49. The van der Waals surface area contributed by atoms with E-state index in [2.05, 4.69) is 20.0 Å². The zero-order valence-electron chi connectivity index (χ0n) is 10.8. The summed E-state index contributed by atoms with van der Waals surface area (Å²) in [6.45, 7) is 3.74. The van der Waals surface area contributed by atoms with Crippen LogP contribution in [0.4, 0.5) is 10.8 Å². The Morgan fingerprint density at radius 3 is 2.63 bits per heavy atom. The highest BCUT2D eigenvalue weighted by Gasteiger charge is 2.20. The fraction of sp³-hybridized carbons (Fsp3) is 0.273. The van der Waals surface area contributed by atoms with Gasteiger partial charge in [-0.2, -0.15) is 0 Å². The summed E-state index contributed by atoms with van der Waals surface area (Å²) < 4.78 is 27.0. The molecule has 2 aromatic rings. The Hall–Kier alpha value is -1.67. The molecule has 0 bridgehead atoms. The Balaban J connectivity index is 2.37. The minimum absolute atomic E-state index is 0.100. The molecule has 8 heteroatoms. The number of thiazole rings is 1. The predicted octanol–water partition coefficient (Wildman–Crippen LogP) is 2.00. The summed E-state index contributed by atoms with van der Waals surface area (Å²) in [6, 6.07) is 1.60. The summed E-state index contributed by atoms with van der Waals surface area (Å²) in [5.41, 5.74) is 1.32. The molecule has 2 aromatic heterocycles. The van der Waals surface area contributed by atoms with Gasteiger partial charge in [0, 0.05) is 24.3 Å². The minimum Gasteiger partial charge on any atom is -0.387 e. The highest BCUT2D eigenvalue weighted by atomic mass is 32.2. The monoisotopic (exact) mass is 298 g/mol. The van der Waals surface area contributed by atoms with Gasteiger partial charge in [0.1, 0.15) is 4.90 Å². The molecule has 0 aliphatic rings. The van der Waals surface area contributed by atoms with E-state index in [1.807, 2.05) is 13.8 Å². The minimum atomic E-state index is -3.69. The molecule has 0 aromatic carbocycles. The van der Waals surface area contributed by atoms with E-state index in [9.17, 15) is 8.42 Å². The van der Waals surface area contributed by atoms with Crippen LogP contribution in [0.1, 0.15) is 10.6 Å². The van der Waals surface area contributed by atoms with Gasteiger partial charge in [-0.05, 0) is 19.9 Å². The smallest absolute Gasteiger partial charge is 0.267 e. The van der Waals surface area contributed by atoms with Crippen molar-refractivity contribution in [2.24, 2.45) is 0 Å². The molecule has 0 radical (unpaired) electrons. The van der Waals surface area contributed by atoms with Gasteiger partial charge < -0.3 is 5.32 Å². The molecule has 102 valence electrons. The van der Waals surface area contributed by atoms with Crippen molar-refractivity contribution in [2.75, 3.05) is 17.1 Å². The van der Waals surface area contributed by atoms with E-state index in [4.69, 9.17) is 0 Å². The van der Waals surface area contributed by atoms with Gasteiger partial charge in [0.15, 0.2) is 5.13 Å². The number of nitrogens with zero attached hydrogens (tertiary/aromatic N) is 2. The van der Waals surface area contributed by atoms with Crippen molar-refractivity contribution >= 4 is 32.2 Å². The van der Waals surface area contributed by atoms with Crippen molar-refractivity contribution in [1.29, 1.82) is 0 Å². The number of rotatable bonds is 4. The maximum Gasteiger partial charge on any atom is 0.267 e. The van der Waals surface area contributed by atoms with Crippen molar-refractivity contribution < 1.29 is 8.42 Å². The van der Waals surface area contributed by atoms with E-state index >= 15 is 0 Å². The first-order valence-corrected chi connectivity index (χ1v) is 7.82. The van der Waals surface area contributed by atoms with Crippen LogP contribution in [0.2, 0.25) is 0 Å². The Bertz CT molecular complexity index is 675. The van der Waals surface area contributed by atoms with Crippen LogP contribution in [0.25, 0.3) is 0 Å². The van der Waals surface area contributed by atoms with Gasteiger partial charge in [-0.3, -0.25) is 9.71 Å². The molecule has 0 saturated heterocycles. The van der Waals surface area contributed by atoms with Crippen LogP contribution < -0.4 is 10.0 Å². The van der Waals surface area contributed by atoms with Crippen molar-refractivity contribution in [3.8, 4) is 0 Å². The number of pyridine rings is 1. The van der Waals surface area contributed by atoms with E-state index in [-0.39, 0.29) is 4.90 Å². The van der Waals surface area contributed by atoms with E-state index < -0.39 is 10.0 Å². The van der Waals surface area contributed by atoms with Crippen molar-refractivity contribution in [3.05, 3.63) is 29.0 Å². The average Bonchev–Trinajstić information content (AvgIpc) is 2.67. The number of hydrogen-bond acceptors (Lipinski definition) is 6. The summed E-state index contributed by atoms with van der Waals surface area (Å²) >= 11 is 1.31. The SMILES string of the molecule is CNc1ccncc1S(=O)(=O)Nc1nc(C)c(C)s1. The molecule has 0 aliphatic heterocycles. The van der Waals surface area contributed by atoms with Gasteiger partial charge in [0.05, 0.1) is 11.4 Å². The number of aromatic nitrogens is 2. The van der Waals surface area contributed by atoms with Crippen molar-refractivity contribution in [1.82, 2.24) is 9.97 Å². The number of aryl methyl sites for hydroxylation is 2. The molecular formula is C11H14N4O2S2. The maximum atomic E-state index is 12.3. The van der Waals surface area contributed by atoms with Gasteiger partial charge in [0.25, 0.3) is 10.0 Å². The summed E-state index contributed by atoms with van der Waals surface area (Å²) in [5, 5.41) is 3.19. The average molecular weight is 298 g/mol. The van der Waals surface area contributed by atoms with Gasteiger partial charge >= 0.3 is 0 Å². The summed E-state index contributed by atoms with van der Waals surface area (Å²) in [7, 11) is -2.03. The lowest BCUT2D eigenvalue weighted by molar-refractivity contribution is 0.601. The van der Waals surface area contributed by atoms with Gasteiger partial charge in [0.2, 0.25) is 0 Å². The first-order valence-electron chi connectivity index (χ1n) is 5.52. The van der Waals surface area contributed by atoms with Crippen LogP contribution in [0, 0.1) is 13.8 Å². The van der Waals surface area contributed by atoms with E-state index in [0.29, 0.717) is 10.8 Å². The predicted molar refractivity (Wildman–Crippen MR) is 76.2 cm³/mol. The van der Waals surface area contributed by atoms with Gasteiger partial charge in [-0.25, -0.2) is 13.4 Å². The number of hydrogen-bond donors (Lipinski definition) is 2. The highest BCUT2D eigenvalue weighted by Crippen LogP contribution is 2.26. The molecule has 0 amide bonds. The summed E-state index contributed by atoms with van der Waals surface area (Å²) in [5.74, 6) is 0. The van der Waals surface area contributed by atoms with Crippen LogP contribution in [-0.4, -0.2) is 25.4 Å². The number of nitrogens with one attached hydrogen (secondary N) is 2. The maximum absolute atomic E-state index is 12.3. The van der Waals surface area contributed by atoms with Crippen LogP contribution in [0.5, 0.6) is 0 Å². The lowest BCUT2D eigenvalue weighted by atomic mass is 10.4. The molecule has 0 unspecified atom stereocenters. The lowest BCUT2D eigenvalue weighted by Gasteiger charge is -2.09. The van der Waals surface area contributed by atoms with Crippen molar-refractivity contribution in [3.63, 3.8) is 0 Å². The van der Waals surface area contributed by atoms with Crippen LogP contribution >= 0.6 is 11.3 Å². The molecule has 0 spiro atoms. The zero-order chi connectivity index (χ0) is 14.0. The molecule has 6 nitrogen and oxygen atoms in total. The molecule has 2 rings (SSSR count). The topological polar surface area (TPSA) is 84.0 Å². The van der Waals surface area contributed by atoms with Crippen LogP contribution in [0.3, 0.4) is 0 Å². The Morgan fingerprint density at radius 2 is 2.05 bits per heavy atom. The third-order valence-corrected chi connectivity index (χ3v) is 5.08. The third-order valence-electron chi connectivity index (χ3n) is 2.59. The van der Waals surface area contributed by atoms with Crippen LogP contribution in [0.15, 0.2) is 23.4 Å². The number of sulfonamides is 1. The quantitative estimate of drug-likeness (QED) is 0.902. The second-order valence-corrected chi connectivity index (χ2v) is 6.74. The largest absolute Gasteiger partial charge is 0.387 e. The Morgan fingerprint density at radius 1 is 1.32 bits per heavy atom. The molecule has 2 N–H and O–H groups in total. The highest BCUT2D eigenvalue weighted by molar-refractivity contribution is 7.93. The summed E-state index contributed by atoms with van der Waals surface area (Å²) in [4.78, 5) is 9.10. The third kappa shape index (κ3) is 2.85. The molecule has 0 atom stereocenters. The van der Waals surface area contributed by atoms with Gasteiger partial charge in [-0.1, -0.05) is 0 Å². The molecule has 19 heavy (non-hydrogen) atoms. The number of anilines is 2. The fourth-order valence-corrected chi connectivity index (χ4v) is 3.69.